The van der Waals surface area contributed by atoms with Crippen molar-refractivity contribution in [1.29, 1.82) is 5.41 Å². The fraction of sp³-hybridized carbons (Fsp3) is 0.250. The highest BCUT2D eigenvalue weighted by molar-refractivity contribution is 6.04. The number of ether oxygens (including phenoxy) is 1. The second kappa shape index (κ2) is 10.9. The lowest BCUT2D eigenvalue weighted by atomic mass is 10.1. The molecule has 0 fully saturated rings. The van der Waals surface area contributed by atoms with E-state index in [-0.39, 0.29) is 11.4 Å². The van der Waals surface area contributed by atoms with E-state index in [2.05, 4.69) is 0 Å². The maximum absolute atomic E-state index is 12.6. The lowest BCUT2D eigenvalue weighted by Crippen LogP contribution is -2.42. The molecule has 0 radical (unpaired) electrons. The molecule has 2 aromatic rings. The molecule has 0 aliphatic carbocycles. The van der Waals surface area contributed by atoms with Crippen molar-refractivity contribution in [2.24, 2.45) is 5.73 Å². The molecule has 32 heavy (non-hydrogen) atoms. The third-order valence-corrected chi connectivity index (χ3v) is 4.81. The number of nitrogens with one attached hydrogen (secondary N) is 1. The van der Waals surface area contributed by atoms with Gasteiger partial charge < -0.3 is 15.6 Å². The average molecular weight is 437 g/mol. The number of amides is 2. The van der Waals surface area contributed by atoms with Crippen molar-refractivity contribution >= 4 is 29.9 Å². The molecular weight excluding hydrogens is 410 g/mol. The zero-order valence-electron chi connectivity index (χ0n) is 18.3. The summed E-state index contributed by atoms with van der Waals surface area (Å²) in [6, 6.07) is 12.3. The van der Waals surface area contributed by atoms with Crippen LogP contribution in [-0.2, 0) is 4.79 Å². The fourth-order valence-corrected chi connectivity index (χ4v) is 3.11. The predicted octanol–water partition coefficient (Wildman–Crippen LogP) is 4.29. The molecule has 8 heteroatoms. The third kappa shape index (κ3) is 6.28. The number of rotatable bonds is 8. The number of imide groups is 1. The smallest absolute Gasteiger partial charge is 0.414 e. The van der Waals surface area contributed by atoms with Crippen LogP contribution < -0.4 is 10.5 Å². The minimum atomic E-state index is -1.28. The van der Waals surface area contributed by atoms with Crippen molar-refractivity contribution in [2.45, 2.75) is 39.7 Å². The number of carbonyl (C=O) groups excluding carboxylic acids is 2. The summed E-state index contributed by atoms with van der Waals surface area (Å²) in [7, 11) is 0. The number of amidine groups is 1. The zero-order valence-corrected chi connectivity index (χ0v) is 18.3. The van der Waals surface area contributed by atoms with E-state index in [0.717, 1.165) is 11.3 Å². The minimum absolute atomic E-state index is 0.0772. The largest absolute Gasteiger partial charge is 0.465 e. The maximum Gasteiger partial charge on any atom is 0.414 e. The van der Waals surface area contributed by atoms with E-state index >= 15 is 0 Å². The van der Waals surface area contributed by atoms with Gasteiger partial charge in [-0.25, -0.2) is 14.5 Å². The Labute approximate surface area is 186 Å². The summed E-state index contributed by atoms with van der Waals surface area (Å²) >= 11 is 0. The van der Waals surface area contributed by atoms with Gasteiger partial charge in [0.25, 0.3) is 5.91 Å². The summed E-state index contributed by atoms with van der Waals surface area (Å²) in [6.45, 7) is 5.19. The van der Waals surface area contributed by atoms with Crippen molar-refractivity contribution < 1.29 is 24.2 Å². The molecule has 1 unspecified atom stereocenters. The first-order chi connectivity index (χ1) is 15.1. The number of nitrogen functional groups attached to an aromatic ring is 1. The highest BCUT2D eigenvalue weighted by Gasteiger charge is 2.26. The van der Waals surface area contributed by atoms with Crippen LogP contribution in [0.4, 0.5) is 4.79 Å². The Morgan fingerprint density at radius 2 is 1.66 bits per heavy atom. The first-order valence-electron chi connectivity index (χ1n) is 10.2. The summed E-state index contributed by atoms with van der Waals surface area (Å²) in [5.41, 5.74) is 7.16. The molecule has 168 valence electrons. The second-order valence-electron chi connectivity index (χ2n) is 7.37. The standard InChI is InChI=1S/C24H27N3O5/c1-4-5-16(3)27(24(30)31)22(28)15(2)14-17-6-8-19(9-7-17)23(29)32-20-12-10-18(11-13-20)21(25)26/h6-14,16H,4-5H2,1-3H3,(H3,25,26)(H,30,31). The Morgan fingerprint density at radius 1 is 1.09 bits per heavy atom. The molecule has 2 rings (SSSR count). The van der Waals surface area contributed by atoms with Crippen LogP contribution in [0.25, 0.3) is 6.08 Å². The van der Waals surface area contributed by atoms with E-state index < -0.39 is 24.0 Å². The van der Waals surface area contributed by atoms with E-state index in [1.165, 1.54) is 0 Å². The molecule has 0 aliphatic heterocycles. The Hall–Kier alpha value is -3.94. The van der Waals surface area contributed by atoms with Crippen LogP contribution in [0.3, 0.4) is 0 Å². The lowest BCUT2D eigenvalue weighted by Gasteiger charge is -2.24. The summed E-state index contributed by atoms with van der Waals surface area (Å²) in [6.07, 6.45) is 1.64. The SMILES string of the molecule is CCCC(C)N(C(=O)O)C(=O)C(C)=Cc1ccc(C(=O)Oc2ccc(C(=N)N)cc2)cc1. The number of carboxylic acid groups (broad SMARTS) is 1. The number of hydrogen-bond acceptors (Lipinski definition) is 5. The molecule has 2 amide bonds. The molecule has 0 saturated heterocycles. The van der Waals surface area contributed by atoms with Crippen molar-refractivity contribution in [2.75, 3.05) is 0 Å². The highest BCUT2D eigenvalue weighted by atomic mass is 16.5. The molecule has 1 atom stereocenters. The Morgan fingerprint density at radius 3 is 2.16 bits per heavy atom. The zero-order chi connectivity index (χ0) is 23.8. The van der Waals surface area contributed by atoms with Crippen LogP contribution in [-0.4, -0.2) is 39.9 Å². The van der Waals surface area contributed by atoms with Crippen molar-refractivity contribution in [3.63, 3.8) is 0 Å². The van der Waals surface area contributed by atoms with E-state index in [4.69, 9.17) is 15.9 Å². The first kappa shape index (κ1) is 24.3. The molecule has 0 spiro atoms. The van der Waals surface area contributed by atoms with Gasteiger partial charge in [-0.3, -0.25) is 10.2 Å². The lowest BCUT2D eigenvalue weighted by molar-refractivity contribution is -0.126. The second-order valence-corrected chi connectivity index (χ2v) is 7.37. The molecule has 0 saturated carbocycles. The topological polar surface area (TPSA) is 134 Å². The number of benzene rings is 2. The fourth-order valence-electron chi connectivity index (χ4n) is 3.11. The van der Waals surface area contributed by atoms with Crippen LogP contribution in [0.15, 0.2) is 54.1 Å². The summed E-state index contributed by atoms with van der Waals surface area (Å²) in [5.74, 6) is -0.891. The van der Waals surface area contributed by atoms with Gasteiger partial charge in [0, 0.05) is 17.2 Å². The van der Waals surface area contributed by atoms with Gasteiger partial charge in [-0.1, -0.05) is 25.5 Å². The quantitative estimate of drug-likeness (QED) is 0.185. The highest BCUT2D eigenvalue weighted by Crippen LogP contribution is 2.17. The minimum Gasteiger partial charge on any atom is -0.465 e. The molecule has 0 heterocycles. The van der Waals surface area contributed by atoms with Gasteiger partial charge in [-0.2, -0.15) is 0 Å². The van der Waals surface area contributed by atoms with E-state index in [0.29, 0.717) is 28.9 Å². The van der Waals surface area contributed by atoms with Crippen LogP contribution in [0.2, 0.25) is 0 Å². The number of nitrogens with zero attached hydrogens (tertiary/aromatic N) is 1. The van der Waals surface area contributed by atoms with Gasteiger partial charge in [0.15, 0.2) is 0 Å². The summed E-state index contributed by atoms with van der Waals surface area (Å²) in [4.78, 5) is 37.4. The maximum atomic E-state index is 12.6. The van der Waals surface area contributed by atoms with Gasteiger partial charge in [0.2, 0.25) is 0 Å². The monoisotopic (exact) mass is 437 g/mol. The van der Waals surface area contributed by atoms with E-state index in [1.54, 1.807) is 68.5 Å². The predicted molar refractivity (Wildman–Crippen MR) is 122 cm³/mol. The van der Waals surface area contributed by atoms with Crippen LogP contribution in [0, 0.1) is 5.41 Å². The molecule has 0 aliphatic rings. The number of carbonyl (C=O) groups is 3. The molecule has 0 aromatic heterocycles. The Balaban J connectivity index is 2.10. The molecule has 8 nitrogen and oxygen atoms in total. The van der Waals surface area contributed by atoms with Crippen LogP contribution >= 0.6 is 0 Å². The Bertz CT molecular complexity index is 1030. The molecule has 4 N–H and O–H groups in total. The van der Waals surface area contributed by atoms with Gasteiger partial charge in [0.05, 0.1) is 5.56 Å². The van der Waals surface area contributed by atoms with Crippen molar-refractivity contribution in [1.82, 2.24) is 4.90 Å². The first-order valence-corrected chi connectivity index (χ1v) is 10.2. The number of nitrogens with two attached hydrogens (primary N) is 1. The normalized spacial score (nSPS) is 12.0. The van der Waals surface area contributed by atoms with Crippen molar-refractivity contribution in [3.8, 4) is 5.75 Å². The van der Waals surface area contributed by atoms with Crippen molar-refractivity contribution in [3.05, 3.63) is 70.8 Å². The average Bonchev–Trinajstić information content (AvgIpc) is 2.74. The third-order valence-electron chi connectivity index (χ3n) is 4.81. The summed E-state index contributed by atoms with van der Waals surface area (Å²) < 4.78 is 5.31. The van der Waals surface area contributed by atoms with Gasteiger partial charge in [0.1, 0.15) is 11.6 Å². The molecule has 2 aromatic carbocycles. The van der Waals surface area contributed by atoms with Gasteiger partial charge in [-0.15, -0.1) is 0 Å². The molecule has 0 bridgehead atoms. The van der Waals surface area contributed by atoms with Gasteiger partial charge >= 0.3 is 12.1 Å². The van der Waals surface area contributed by atoms with E-state index in [9.17, 15) is 19.5 Å². The van der Waals surface area contributed by atoms with Crippen LogP contribution in [0.1, 0.15) is 55.1 Å². The number of hydrogen-bond donors (Lipinski definition) is 3. The Kier molecular flexibility index (Phi) is 8.29. The van der Waals surface area contributed by atoms with Gasteiger partial charge in [-0.05, 0) is 68.3 Å². The summed E-state index contributed by atoms with van der Waals surface area (Å²) in [5, 5.41) is 16.8. The molecular formula is C24H27N3O5. The van der Waals surface area contributed by atoms with E-state index in [1.807, 2.05) is 6.92 Å². The van der Waals surface area contributed by atoms with Crippen LogP contribution in [0.5, 0.6) is 5.75 Å². The number of esters is 1.